The maximum Gasteiger partial charge on any atom is 0.251 e. The molecule has 0 aromatic heterocycles. The third kappa shape index (κ3) is 5.21. The third-order valence-electron chi connectivity index (χ3n) is 7.79. The second kappa shape index (κ2) is 10.5. The predicted octanol–water partition coefficient (Wildman–Crippen LogP) is 4.46. The van der Waals surface area contributed by atoms with Gasteiger partial charge in [-0.3, -0.25) is 19.9 Å². The molecule has 2 aromatic carbocycles. The van der Waals surface area contributed by atoms with Crippen LogP contribution in [0.4, 0.5) is 0 Å². The summed E-state index contributed by atoms with van der Waals surface area (Å²) in [5, 5.41) is 26.0. The molecule has 0 aliphatic carbocycles. The van der Waals surface area contributed by atoms with Crippen molar-refractivity contribution in [3.05, 3.63) is 65.2 Å². The molecule has 0 radical (unpaired) electrons. The van der Waals surface area contributed by atoms with Crippen molar-refractivity contribution in [1.82, 2.24) is 15.5 Å². The van der Waals surface area contributed by atoms with E-state index >= 15 is 0 Å². The summed E-state index contributed by atoms with van der Waals surface area (Å²) in [7, 11) is 0. The van der Waals surface area contributed by atoms with Crippen LogP contribution in [0.1, 0.15) is 93.4 Å². The fourth-order valence-electron chi connectivity index (χ4n) is 5.41. The van der Waals surface area contributed by atoms with Gasteiger partial charge >= 0.3 is 0 Å². The zero-order valence-electron chi connectivity index (χ0n) is 22.1. The molecule has 8 nitrogen and oxygen atoms in total. The minimum atomic E-state index is -1.28. The van der Waals surface area contributed by atoms with Crippen molar-refractivity contribution in [3.8, 4) is 5.75 Å². The molecule has 0 spiro atoms. The Morgan fingerprint density at radius 1 is 1.22 bits per heavy atom. The largest absolute Gasteiger partial charge is 0.490 e. The molecule has 2 aliphatic heterocycles. The normalized spacial score (nSPS) is 23.5. The molecule has 2 aliphatic rings. The predicted molar refractivity (Wildman–Crippen MR) is 142 cm³/mol. The third-order valence-corrected chi connectivity index (χ3v) is 7.79. The Bertz CT molecular complexity index is 1150. The van der Waals surface area contributed by atoms with Crippen molar-refractivity contribution in [2.45, 2.75) is 83.0 Å². The molecule has 0 bridgehead atoms. The minimum Gasteiger partial charge on any atom is -0.490 e. The van der Waals surface area contributed by atoms with E-state index in [-0.39, 0.29) is 36.0 Å². The lowest BCUT2D eigenvalue weighted by Crippen LogP contribution is -2.62. The number of carbonyl (C=O) groups is 2. The molecule has 2 aromatic rings. The summed E-state index contributed by atoms with van der Waals surface area (Å²) in [6.07, 6.45) is 3.33. The summed E-state index contributed by atoms with van der Waals surface area (Å²) in [6.45, 7) is 7.83. The summed E-state index contributed by atoms with van der Waals surface area (Å²) < 4.78 is 5.69. The van der Waals surface area contributed by atoms with E-state index in [0.717, 1.165) is 30.4 Å². The van der Waals surface area contributed by atoms with E-state index in [9.17, 15) is 14.7 Å². The number of nitrogens with zero attached hydrogens (tertiary/aromatic N) is 1. The van der Waals surface area contributed by atoms with Crippen LogP contribution in [0, 0.1) is 5.41 Å². The molecule has 198 valence electrons. The number of ether oxygens (including phenoxy) is 1. The van der Waals surface area contributed by atoms with Crippen molar-refractivity contribution in [2.75, 3.05) is 6.61 Å². The van der Waals surface area contributed by atoms with Crippen LogP contribution < -0.4 is 15.4 Å². The van der Waals surface area contributed by atoms with Gasteiger partial charge in [0.25, 0.3) is 5.91 Å². The quantitative estimate of drug-likeness (QED) is 0.422. The number of nitrogens with one attached hydrogen (secondary N) is 3. The Morgan fingerprint density at radius 2 is 1.95 bits per heavy atom. The summed E-state index contributed by atoms with van der Waals surface area (Å²) in [4.78, 5) is 28.3. The second-order valence-corrected chi connectivity index (χ2v) is 10.4. The van der Waals surface area contributed by atoms with Crippen LogP contribution in [-0.2, 0) is 4.79 Å². The van der Waals surface area contributed by atoms with E-state index in [4.69, 9.17) is 10.1 Å². The highest BCUT2D eigenvalue weighted by molar-refractivity contribution is 6.00. The van der Waals surface area contributed by atoms with Crippen LogP contribution in [0.2, 0.25) is 0 Å². The van der Waals surface area contributed by atoms with Gasteiger partial charge in [-0.05, 0) is 49.9 Å². The number of hydrogen-bond acceptors (Lipinski definition) is 5. The van der Waals surface area contributed by atoms with Crippen molar-refractivity contribution in [2.24, 2.45) is 0 Å². The van der Waals surface area contributed by atoms with Gasteiger partial charge in [-0.1, -0.05) is 57.5 Å². The lowest BCUT2D eigenvalue weighted by Gasteiger charge is -2.45. The summed E-state index contributed by atoms with van der Waals surface area (Å²) in [5.41, 5.74) is 0.284. The number of hydrogen-bond donors (Lipinski definition) is 4. The zero-order chi connectivity index (χ0) is 26.8. The number of rotatable bonds is 8. The van der Waals surface area contributed by atoms with Gasteiger partial charge in [-0.15, -0.1) is 0 Å². The summed E-state index contributed by atoms with van der Waals surface area (Å²) in [6, 6.07) is 13.6. The van der Waals surface area contributed by atoms with Gasteiger partial charge in [0.05, 0.1) is 18.5 Å². The Hall–Kier alpha value is -3.39. The first-order valence-electron chi connectivity index (χ1n) is 13.2. The van der Waals surface area contributed by atoms with E-state index in [1.165, 1.54) is 0 Å². The Balaban J connectivity index is 1.60. The monoisotopic (exact) mass is 506 g/mol. The van der Waals surface area contributed by atoms with Gasteiger partial charge in [0.15, 0.2) is 5.96 Å². The smallest absolute Gasteiger partial charge is 0.251 e. The number of guanidine groups is 1. The molecule has 4 N–H and O–H groups in total. The van der Waals surface area contributed by atoms with Crippen LogP contribution in [0.15, 0.2) is 48.5 Å². The van der Waals surface area contributed by atoms with Crippen LogP contribution in [0.5, 0.6) is 5.75 Å². The molecule has 8 heteroatoms. The van der Waals surface area contributed by atoms with Crippen molar-refractivity contribution in [3.63, 3.8) is 0 Å². The molecule has 3 atom stereocenters. The molecule has 1 saturated heterocycles. The van der Waals surface area contributed by atoms with Crippen molar-refractivity contribution >= 4 is 17.8 Å². The highest BCUT2D eigenvalue weighted by Crippen LogP contribution is 2.38. The Labute approximate surface area is 218 Å². The van der Waals surface area contributed by atoms with E-state index in [1.54, 1.807) is 30.0 Å². The molecule has 4 rings (SSSR count). The van der Waals surface area contributed by atoms with Gasteiger partial charge in [0, 0.05) is 16.7 Å². The second-order valence-electron chi connectivity index (χ2n) is 10.4. The van der Waals surface area contributed by atoms with Crippen LogP contribution in [0.25, 0.3) is 0 Å². The van der Waals surface area contributed by atoms with E-state index in [2.05, 4.69) is 10.6 Å². The molecule has 0 saturated carbocycles. The topological polar surface area (TPSA) is 115 Å². The van der Waals surface area contributed by atoms with Gasteiger partial charge in [0.1, 0.15) is 18.0 Å². The number of benzene rings is 2. The highest BCUT2D eigenvalue weighted by Gasteiger charge is 2.43. The standard InChI is InChI=1S/C29H38N4O4/c1-5-11-22(33-24(34)17-29(6-2,7-3)32-27(33)30)19-12-10-13-20(16-19)26(35)31-25-21-14-8-9-15-23(21)37-18-28(25,4)36/h8-10,12-16,22,25,36H,5-7,11,17-18H2,1-4H3,(H2,30,32)(H,31,35)/t22-,25-,28?/m1/s1. The van der Waals surface area contributed by atoms with Gasteiger partial charge in [-0.2, -0.15) is 0 Å². The molecule has 37 heavy (non-hydrogen) atoms. The maximum absolute atomic E-state index is 13.4. The van der Waals surface area contributed by atoms with Crippen molar-refractivity contribution in [1.29, 1.82) is 5.41 Å². The lowest BCUT2D eigenvalue weighted by atomic mass is 9.85. The molecule has 2 heterocycles. The average molecular weight is 507 g/mol. The number of fused-ring (bicyclic) bond motifs is 1. The highest BCUT2D eigenvalue weighted by atomic mass is 16.5. The first-order chi connectivity index (χ1) is 17.6. The number of aliphatic hydroxyl groups is 1. The van der Waals surface area contributed by atoms with Crippen LogP contribution in [0.3, 0.4) is 0 Å². The summed E-state index contributed by atoms with van der Waals surface area (Å²) in [5.74, 6) is 0.355. The van der Waals surface area contributed by atoms with E-state index < -0.39 is 11.6 Å². The SMILES string of the molecule is CCC[C@H](c1cccc(C(=O)N[C@@H]2c3ccccc3OCC2(C)O)c1)N1C(=N)NC(CC)(CC)CC1=O. The molecule has 1 unspecified atom stereocenters. The van der Waals surface area contributed by atoms with E-state index in [1.807, 2.05) is 51.1 Å². The number of carbonyl (C=O) groups excluding carboxylic acids is 2. The average Bonchev–Trinajstić information content (AvgIpc) is 2.89. The Morgan fingerprint density at radius 3 is 2.62 bits per heavy atom. The molecular formula is C29H38N4O4. The zero-order valence-corrected chi connectivity index (χ0v) is 22.1. The first kappa shape index (κ1) is 26.7. The first-order valence-corrected chi connectivity index (χ1v) is 13.2. The fourth-order valence-corrected chi connectivity index (χ4v) is 5.41. The number of para-hydroxylation sites is 1. The number of amides is 2. The van der Waals surface area contributed by atoms with Crippen molar-refractivity contribution < 1.29 is 19.4 Å². The van der Waals surface area contributed by atoms with Gasteiger partial charge in [-0.25, -0.2) is 0 Å². The minimum absolute atomic E-state index is 0.0662. The molecule has 1 fully saturated rings. The van der Waals surface area contributed by atoms with Gasteiger partial charge < -0.3 is 20.5 Å². The Kier molecular flexibility index (Phi) is 7.59. The van der Waals surface area contributed by atoms with Gasteiger partial charge in [0.2, 0.25) is 5.91 Å². The van der Waals surface area contributed by atoms with Crippen LogP contribution in [-0.4, -0.2) is 45.5 Å². The van der Waals surface area contributed by atoms with E-state index in [0.29, 0.717) is 24.2 Å². The molecular weight excluding hydrogens is 468 g/mol. The molecule has 2 amide bonds. The lowest BCUT2D eigenvalue weighted by molar-refractivity contribution is -0.132. The maximum atomic E-state index is 13.4. The summed E-state index contributed by atoms with van der Waals surface area (Å²) >= 11 is 0. The fraction of sp³-hybridized carbons (Fsp3) is 0.483. The van der Waals surface area contributed by atoms with Crippen LogP contribution >= 0.6 is 0 Å².